The molecule has 0 spiro atoms. The van der Waals surface area contributed by atoms with Crippen molar-refractivity contribution in [3.8, 4) is 5.75 Å². The molecule has 11 heteroatoms. The second-order valence-electron chi connectivity index (χ2n) is 7.15. The van der Waals surface area contributed by atoms with Gasteiger partial charge in [-0.1, -0.05) is 0 Å². The molecule has 7 nitrogen and oxygen atoms in total. The third-order valence-electron chi connectivity index (χ3n) is 4.98. The summed E-state index contributed by atoms with van der Waals surface area (Å²) < 4.78 is 42.0. The van der Waals surface area contributed by atoms with Gasteiger partial charge in [-0.15, -0.1) is 0 Å². The molecule has 2 N–H and O–H groups in total. The van der Waals surface area contributed by atoms with Crippen LogP contribution in [0.15, 0.2) is 23.1 Å². The lowest BCUT2D eigenvalue weighted by atomic mass is 10.1. The number of carbonyl (C=O) groups excluding carboxylic acids is 2. The van der Waals surface area contributed by atoms with E-state index in [4.69, 9.17) is 0 Å². The van der Waals surface area contributed by atoms with Gasteiger partial charge in [-0.05, 0) is 7.05 Å². The molecule has 2 aromatic rings. The van der Waals surface area contributed by atoms with E-state index < -0.39 is 52.2 Å². The van der Waals surface area contributed by atoms with Crippen molar-refractivity contribution >= 4 is 24.0 Å². The zero-order chi connectivity index (χ0) is 22.7. The van der Waals surface area contributed by atoms with Gasteiger partial charge in [0.25, 0.3) is 5.91 Å². The van der Waals surface area contributed by atoms with Gasteiger partial charge in [-0.3, -0.25) is 14.4 Å². The first kappa shape index (κ1) is 22.9. The van der Waals surface area contributed by atoms with E-state index in [0.29, 0.717) is 30.7 Å². The third-order valence-corrected chi connectivity index (χ3v) is 6.07. The van der Waals surface area contributed by atoms with Crippen LogP contribution in [0.3, 0.4) is 0 Å². The molecule has 1 aliphatic rings. The first-order chi connectivity index (χ1) is 14.7. The zero-order valence-corrected chi connectivity index (χ0v) is 17.3. The Labute approximate surface area is 179 Å². The van der Waals surface area contributed by atoms with Crippen molar-refractivity contribution in [1.29, 1.82) is 0 Å². The number of aldehydes is 1. The number of likely N-dealkylation sites (N-methyl/N-ethyl adjacent to an activating group) is 1. The van der Waals surface area contributed by atoms with Crippen molar-refractivity contribution in [3.05, 3.63) is 62.8 Å². The Hall–Kier alpha value is -2.79. The summed E-state index contributed by atoms with van der Waals surface area (Å²) in [5.74, 6) is -3.91. The quantitative estimate of drug-likeness (QED) is 0.670. The summed E-state index contributed by atoms with van der Waals surface area (Å²) in [6.45, 7) is 0.684. The zero-order valence-electron chi connectivity index (χ0n) is 16.5. The van der Waals surface area contributed by atoms with Crippen molar-refractivity contribution in [2.24, 2.45) is 0 Å². The minimum absolute atomic E-state index is 0.252. The topological polar surface area (TPSA) is 91.6 Å². The number of benzene rings is 1. The van der Waals surface area contributed by atoms with Crippen molar-refractivity contribution in [3.63, 3.8) is 0 Å². The molecule has 1 fully saturated rings. The van der Waals surface area contributed by atoms with Crippen LogP contribution in [0.25, 0.3) is 0 Å². The highest BCUT2D eigenvalue weighted by Crippen LogP contribution is 2.24. The Morgan fingerprint density at radius 1 is 1.32 bits per heavy atom. The van der Waals surface area contributed by atoms with E-state index >= 15 is 0 Å². The number of hydrogen-bond acceptors (Lipinski definition) is 6. The maximum absolute atomic E-state index is 13.8. The fourth-order valence-corrected chi connectivity index (χ4v) is 4.48. The molecule has 166 valence electrons. The van der Waals surface area contributed by atoms with Gasteiger partial charge in [0.15, 0.2) is 12.0 Å². The first-order valence-corrected chi connectivity index (χ1v) is 10.5. The standard InChI is InChI=1S/C20H20F3N3O4S/c1-25-2-3-31-10-12(7-25)26-8-14(18(28)19(29)17(26)9-27)20(30)24-6-13-15(22)4-11(21)5-16(13)23/h4-5,8-9,12,29H,2-3,6-7,10H2,1H3,(H,24,30). The first-order valence-electron chi connectivity index (χ1n) is 9.34. The number of rotatable bonds is 5. The maximum Gasteiger partial charge on any atom is 0.257 e. The van der Waals surface area contributed by atoms with E-state index in [1.165, 1.54) is 10.8 Å². The molecule has 1 atom stereocenters. The van der Waals surface area contributed by atoms with Crippen LogP contribution in [0.4, 0.5) is 13.2 Å². The van der Waals surface area contributed by atoms with Gasteiger partial charge in [0, 0.05) is 55.0 Å². The second kappa shape index (κ2) is 9.56. The lowest BCUT2D eigenvalue weighted by Gasteiger charge is -2.24. The average molecular weight is 455 g/mol. The molecule has 1 amide bonds. The van der Waals surface area contributed by atoms with Crippen LogP contribution in [-0.2, 0) is 6.54 Å². The van der Waals surface area contributed by atoms with Gasteiger partial charge >= 0.3 is 0 Å². The van der Waals surface area contributed by atoms with Crippen molar-refractivity contribution in [1.82, 2.24) is 14.8 Å². The fourth-order valence-electron chi connectivity index (χ4n) is 3.33. The van der Waals surface area contributed by atoms with Crippen molar-refractivity contribution < 1.29 is 27.9 Å². The van der Waals surface area contributed by atoms with Crippen LogP contribution in [0.1, 0.15) is 32.5 Å². The van der Waals surface area contributed by atoms with Crippen LogP contribution < -0.4 is 10.7 Å². The molecule has 1 aromatic carbocycles. The molecule has 1 aromatic heterocycles. The molecule has 0 radical (unpaired) electrons. The predicted molar refractivity (Wildman–Crippen MR) is 109 cm³/mol. The summed E-state index contributed by atoms with van der Waals surface area (Å²) in [6, 6.07) is 0.646. The molecule has 0 aliphatic carbocycles. The third kappa shape index (κ3) is 4.93. The molecule has 1 saturated heterocycles. The van der Waals surface area contributed by atoms with E-state index in [1.54, 1.807) is 11.8 Å². The number of thioether (sulfide) groups is 1. The molecule has 0 bridgehead atoms. The summed E-state index contributed by atoms with van der Waals surface area (Å²) >= 11 is 1.63. The molecule has 2 heterocycles. The van der Waals surface area contributed by atoms with Crippen LogP contribution in [0.2, 0.25) is 0 Å². The molecule has 1 aliphatic heterocycles. The number of carbonyl (C=O) groups is 2. The highest BCUT2D eigenvalue weighted by Gasteiger charge is 2.25. The second-order valence-corrected chi connectivity index (χ2v) is 8.30. The molecule has 31 heavy (non-hydrogen) atoms. The number of aromatic nitrogens is 1. The summed E-state index contributed by atoms with van der Waals surface area (Å²) in [5.41, 5.74) is -2.39. The van der Waals surface area contributed by atoms with Gasteiger partial charge < -0.3 is 19.9 Å². The van der Waals surface area contributed by atoms with Gasteiger partial charge in [0.2, 0.25) is 5.43 Å². The van der Waals surface area contributed by atoms with Gasteiger partial charge in [-0.2, -0.15) is 11.8 Å². The van der Waals surface area contributed by atoms with Gasteiger partial charge in [0.1, 0.15) is 28.7 Å². The van der Waals surface area contributed by atoms with Gasteiger partial charge in [0.05, 0.1) is 6.04 Å². The molecule has 0 saturated carbocycles. The van der Waals surface area contributed by atoms with E-state index in [2.05, 4.69) is 5.32 Å². The van der Waals surface area contributed by atoms with E-state index in [-0.39, 0.29) is 11.7 Å². The predicted octanol–water partition coefficient (Wildman–Crippen LogP) is 1.93. The van der Waals surface area contributed by atoms with Gasteiger partial charge in [-0.25, -0.2) is 13.2 Å². The van der Waals surface area contributed by atoms with Crippen LogP contribution >= 0.6 is 11.8 Å². The van der Waals surface area contributed by atoms with E-state index in [9.17, 15) is 32.7 Å². The molecular weight excluding hydrogens is 435 g/mol. The average Bonchev–Trinajstić information content (AvgIpc) is 2.93. The highest BCUT2D eigenvalue weighted by molar-refractivity contribution is 7.99. The van der Waals surface area contributed by atoms with Crippen molar-refractivity contribution in [2.75, 3.05) is 31.6 Å². The summed E-state index contributed by atoms with van der Waals surface area (Å²) in [6.07, 6.45) is 1.51. The number of pyridine rings is 1. The number of amides is 1. The Morgan fingerprint density at radius 3 is 2.65 bits per heavy atom. The largest absolute Gasteiger partial charge is 0.503 e. The lowest BCUT2D eigenvalue weighted by Crippen LogP contribution is -2.34. The Kier molecular flexibility index (Phi) is 7.06. The SMILES string of the molecule is CN1CCSCC(n2cc(C(=O)NCc3c(F)cc(F)cc3F)c(=O)c(O)c2C=O)C1. The van der Waals surface area contributed by atoms with E-state index in [0.717, 1.165) is 12.3 Å². The summed E-state index contributed by atoms with van der Waals surface area (Å²) in [5, 5.41) is 12.5. The minimum atomic E-state index is -1.19. The van der Waals surface area contributed by atoms with Crippen LogP contribution in [0, 0.1) is 17.5 Å². The lowest BCUT2D eigenvalue weighted by molar-refractivity contribution is 0.0946. The molecular formula is C20H20F3N3O4S. The van der Waals surface area contributed by atoms with Crippen LogP contribution in [-0.4, -0.2) is 58.4 Å². The Bertz CT molecular complexity index is 1050. The number of nitrogens with one attached hydrogen (secondary N) is 1. The highest BCUT2D eigenvalue weighted by atomic mass is 32.2. The van der Waals surface area contributed by atoms with E-state index in [1.807, 2.05) is 11.9 Å². The Morgan fingerprint density at radius 2 is 2.00 bits per heavy atom. The number of hydrogen-bond donors (Lipinski definition) is 2. The fraction of sp³-hybridized carbons (Fsp3) is 0.350. The minimum Gasteiger partial charge on any atom is -0.503 e. The summed E-state index contributed by atoms with van der Waals surface area (Å²) in [7, 11) is 1.89. The maximum atomic E-state index is 13.8. The molecule has 1 unspecified atom stereocenters. The Balaban J connectivity index is 1.93. The monoisotopic (exact) mass is 455 g/mol. The number of aromatic hydroxyl groups is 1. The number of nitrogens with zero attached hydrogens (tertiary/aromatic N) is 2. The smallest absolute Gasteiger partial charge is 0.257 e. The summed E-state index contributed by atoms with van der Waals surface area (Å²) in [4.78, 5) is 38.6. The van der Waals surface area contributed by atoms with Crippen LogP contribution in [0.5, 0.6) is 5.75 Å². The normalized spacial score (nSPS) is 17.2. The van der Waals surface area contributed by atoms with Crippen molar-refractivity contribution in [2.45, 2.75) is 12.6 Å². The number of halogens is 3. The molecule has 3 rings (SSSR count).